The zero-order valence-electron chi connectivity index (χ0n) is 20.2. The highest BCUT2D eigenvalue weighted by atomic mass is 32.1. The van der Waals surface area contributed by atoms with E-state index in [-0.39, 0.29) is 10.7 Å². The number of carbonyl (C=O) groups is 2. The van der Waals surface area contributed by atoms with Crippen molar-refractivity contribution in [3.8, 4) is 5.69 Å². The van der Waals surface area contributed by atoms with Crippen LogP contribution in [0.25, 0.3) is 11.8 Å². The quantitative estimate of drug-likeness (QED) is 0.299. The van der Waals surface area contributed by atoms with Gasteiger partial charge in [-0.15, -0.1) is 0 Å². The first kappa shape index (κ1) is 23.6. The molecule has 0 atom stereocenters. The second-order valence-corrected chi connectivity index (χ2v) is 9.27. The lowest BCUT2D eigenvalue weighted by atomic mass is 10.0. The molecule has 6 heteroatoms. The van der Waals surface area contributed by atoms with Crippen LogP contribution in [-0.4, -0.2) is 21.5 Å². The third kappa shape index (κ3) is 4.33. The van der Waals surface area contributed by atoms with Crippen molar-refractivity contribution in [1.29, 1.82) is 0 Å². The Morgan fingerprint density at radius 1 is 0.971 bits per heavy atom. The zero-order chi connectivity index (χ0) is 24.6. The fourth-order valence-corrected chi connectivity index (χ4v) is 4.55. The molecule has 1 N–H and O–H groups in total. The second kappa shape index (κ2) is 9.39. The molecule has 0 unspecified atom stereocenters. The molecule has 174 valence electrons. The molecular weight excluding hydrogens is 442 g/mol. The Balaban J connectivity index is 1.71. The zero-order valence-corrected chi connectivity index (χ0v) is 21.0. The summed E-state index contributed by atoms with van der Waals surface area (Å²) >= 11 is 5.33. The van der Waals surface area contributed by atoms with Gasteiger partial charge in [0.05, 0.1) is 5.69 Å². The van der Waals surface area contributed by atoms with E-state index in [0.29, 0.717) is 11.6 Å². The van der Waals surface area contributed by atoms with Gasteiger partial charge in [0.1, 0.15) is 5.57 Å². The normalized spacial score (nSPS) is 15.4. The molecule has 3 aromatic rings. The first-order valence-electron chi connectivity index (χ1n) is 11.5. The maximum atomic E-state index is 13.4. The summed E-state index contributed by atoms with van der Waals surface area (Å²) in [7, 11) is 0. The van der Waals surface area contributed by atoms with Gasteiger partial charge in [0, 0.05) is 17.1 Å². The molecule has 1 aliphatic rings. The number of nitrogens with zero attached hydrogens (tertiary/aromatic N) is 2. The van der Waals surface area contributed by atoms with E-state index in [2.05, 4.69) is 54.9 Å². The minimum atomic E-state index is -0.484. The molecule has 0 aliphatic carbocycles. The number of thiocarbonyl (C=S) groups is 1. The Bertz CT molecular complexity index is 1300. The third-order valence-corrected chi connectivity index (χ3v) is 6.58. The predicted molar refractivity (Wildman–Crippen MR) is 141 cm³/mol. The van der Waals surface area contributed by atoms with E-state index in [0.717, 1.165) is 34.6 Å². The largest absolute Gasteiger partial charge is 0.318 e. The van der Waals surface area contributed by atoms with Crippen molar-refractivity contribution in [1.82, 2.24) is 9.88 Å². The van der Waals surface area contributed by atoms with Crippen molar-refractivity contribution in [2.45, 2.75) is 47.0 Å². The maximum Gasteiger partial charge on any atom is 0.270 e. The summed E-state index contributed by atoms with van der Waals surface area (Å²) in [6, 6.07) is 18.1. The van der Waals surface area contributed by atoms with Gasteiger partial charge < -0.3 is 4.57 Å². The smallest absolute Gasteiger partial charge is 0.270 e. The second-order valence-electron chi connectivity index (χ2n) is 8.89. The maximum absolute atomic E-state index is 13.4. The van der Waals surface area contributed by atoms with Gasteiger partial charge in [-0.1, -0.05) is 45.0 Å². The highest BCUT2D eigenvalue weighted by Gasteiger charge is 2.34. The van der Waals surface area contributed by atoms with Gasteiger partial charge in [0.2, 0.25) is 0 Å². The number of anilines is 1. The Morgan fingerprint density at radius 2 is 1.59 bits per heavy atom. The summed E-state index contributed by atoms with van der Waals surface area (Å²) < 4.78 is 2.13. The Labute approximate surface area is 206 Å². The van der Waals surface area contributed by atoms with E-state index in [1.165, 1.54) is 10.5 Å². The molecule has 4 rings (SSSR count). The standard InChI is InChI=1S/C28H29N3O2S/c1-6-20-7-11-24(12-8-20)31-27(33)25(26(32)29-28(31)34)16-22-15-18(4)30(19(22)5)23-13-9-21(10-14-23)17(2)3/h7-17H,6H2,1-5H3,(H,29,32,34)/b25-16+. The third-order valence-electron chi connectivity index (χ3n) is 6.29. The number of benzene rings is 2. The van der Waals surface area contributed by atoms with Gasteiger partial charge >= 0.3 is 0 Å². The summed E-state index contributed by atoms with van der Waals surface area (Å²) in [5, 5.41) is 2.76. The minimum absolute atomic E-state index is 0.0589. The number of carbonyl (C=O) groups excluding carboxylic acids is 2. The highest BCUT2D eigenvalue weighted by Crippen LogP contribution is 2.27. The summed E-state index contributed by atoms with van der Waals surface area (Å²) in [6.07, 6.45) is 2.56. The van der Waals surface area contributed by atoms with Crippen LogP contribution >= 0.6 is 12.2 Å². The summed E-state index contributed by atoms with van der Waals surface area (Å²) in [6.45, 7) is 10.4. The van der Waals surface area contributed by atoms with E-state index in [9.17, 15) is 9.59 Å². The van der Waals surface area contributed by atoms with Crippen molar-refractivity contribution in [2.75, 3.05) is 4.90 Å². The molecular formula is C28H29N3O2S. The molecule has 5 nitrogen and oxygen atoms in total. The Hall–Kier alpha value is -3.51. The SMILES string of the molecule is CCc1ccc(N2C(=O)/C(=C/c3cc(C)n(-c4ccc(C(C)C)cc4)c3C)C(=O)NC2=S)cc1. The van der Waals surface area contributed by atoms with Crippen LogP contribution in [0.15, 0.2) is 60.2 Å². The van der Waals surface area contributed by atoms with Crippen molar-refractivity contribution in [3.05, 3.63) is 88.2 Å². The molecule has 1 fully saturated rings. The molecule has 2 aromatic carbocycles. The topological polar surface area (TPSA) is 54.3 Å². The monoisotopic (exact) mass is 471 g/mol. The summed E-state index contributed by atoms with van der Waals surface area (Å²) in [5.74, 6) is -0.448. The van der Waals surface area contributed by atoms with E-state index < -0.39 is 11.8 Å². The Morgan fingerprint density at radius 3 is 2.18 bits per heavy atom. The molecule has 1 saturated heterocycles. The number of hydrogen-bond donors (Lipinski definition) is 1. The first-order valence-corrected chi connectivity index (χ1v) is 11.9. The van der Waals surface area contributed by atoms with Gasteiger partial charge in [-0.3, -0.25) is 19.8 Å². The van der Waals surface area contributed by atoms with Crippen molar-refractivity contribution < 1.29 is 9.59 Å². The Kier molecular flexibility index (Phi) is 6.53. The molecule has 0 saturated carbocycles. The van der Waals surface area contributed by atoms with Crippen LogP contribution in [0.4, 0.5) is 5.69 Å². The van der Waals surface area contributed by atoms with Crippen LogP contribution in [0.5, 0.6) is 0 Å². The van der Waals surface area contributed by atoms with Crippen LogP contribution in [0.3, 0.4) is 0 Å². The van der Waals surface area contributed by atoms with Crippen molar-refractivity contribution in [2.24, 2.45) is 0 Å². The van der Waals surface area contributed by atoms with Gasteiger partial charge in [0.25, 0.3) is 11.8 Å². The van der Waals surface area contributed by atoms with Gasteiger partial charge in [-0.2, -0.15) is 0 Å². The summed E-state index contributed by atoms with van der Waals surface area (Å²) in [4.78, 5) is 27.5. The highest BCUT2D eigenvalue weighted by molar-refractivity contribution is 7.80. The van der Waals surface area contributed by atoms with Crippen molar-refractivity contribution in [3.63, 3.8) is 0 Å². The molecule has 0 bridgehead atoms. The number of nitrogens with one attached hydrogen (secondary N) is 1. The molecule has 1 aromatic heterocycles. The first-order chi connectivity index (χ1) is 16.2. The lowest BCUT2D eigenvalue weighted by Crippen LogP contribution is -2.54. The fraction of sp³-hybridized carbons (Fsp3) is 0.250. The van der Waals surface area contributed by atoms with Crippen LogP contribution < -0.4 is 10.2 Å². The molecule has 2 amide bonds. The minimum Gasteiger partial charge on any atom is -0.318 e. The van der Waals surface area contributed by atoms with Crippen LogP contribution in [0.1, 0.15) is 54.8 Å². The lowest BCUT2D eigenvalue weighted by molar-refractivity contribution is -0.122. The van der Waals surface area contributed by atoms with Gasteiger partial charge in [-0.25, -0.2) is 0 Å². The van der Waals surface area contributed by atoms with Crippen LogP contribution in [-0.2, 0) is 16.0 Å². The molecule has 2 heterocycles. The van der Waals surface area contributed by atoms with Crippen LogP contribution in [0.2, 0.25) is 0 Å². The molecule has 0 radical (unpaired) electrons. The van der Waals surface area contributed by atoms with E-state index in [4.69, 9.17) is 12.2 Å². The number of rotatable bonds is 5. The number of aryl methyl sites for hydroxylation is 2. The predicted octanol–water partition coefficient (Wildman–Crippen LogP) is 5.61. The molecule has 0 spiro atoms. The molecule has 1 aliphatic heterocycles. The van der Waals surface area contributed by atoms with Gasteiger partial charge in [0.15, 0.2) is 5.11 Å². The van der Waals surface area contributed by atoms with E-state index in [1.54, 1.807) is 6.08 Å². The summed E-state index contributed by atoms with van der Waals surface area (Å²) in [5.41, 5.74) is 6.97. The average Bonchev–Trinajstić information content (AvgIpc) is 3.09. The van der Waals surface area contributed by atoms with E-state index in [1.807, 2.05) is 44.2 Å². The lowest BCUT2D eigenvalue weighted by Gasteiger charge is -2.29. The van der Waals surface area contributed by atoms with Crippen molar-refractivity contribution >= 4 is 40.9 Å². The number of hydrogen-bond acceptors (Lipinski definition) is 3. The number of amides is 2. The van der Waals surface area contributed by atoms with Gasteiger partial charge in [-0.05, 0) is 91.5 Å². The number of aromatic nitrogens is 1. The van der Waals surface area contributed by atoms with E-state index >= 15 is 0 Å². The fourth-order valence-electron chi connectivity index (χ4n) is 4.27. The van der Waals surface area contributed by atoms with Crippen LogP contribution in [0, 0.1) is 13.8 Å². The molecule has 34 heavy (non-hydrogen) atoms. The average molecular weight is 472 g/mol.